The quantitative estimate of drug-likeness (QED) is 0.287. The molecule has 0 saturated heterocycles. The molecule has 110 valence electrons. The molecule has 20 heavy (non-hydrogen) atoms. The van der Waals surface area contributed by atoms with Crippen molar-refractivity contribution >= 4 is 5.69 Å². The third-order valence-electron chi connectivity index (χ3n) is 3.16. The van der Waals surface area contributed by atoms with E-state index in [9.17, 15) is 0 Å². The molecular weight excluding hydrogens is 250 g/mol. The molecule has 0 bridgehead atoms. The summed E-state index contributed by atoms with van der Waals surface area (Å²) in [7, 11) is 1.67. The van der Waals surface area contributed by atoms with Crippen molar-refractivity contribution in [3.05, 3.63) is 36.4 Å². The zero-order valence-corrected chi connectivity index (χ0v) is 12.8. The van der Waals surface area contributed by atoms with Crippen LogP contribution in [0.1, 0.15) is 32.3 Å². The van der Waals surface area contributed by atoms with Crippen molar-refractivity contribution in [3.63, 3.8) is 0 Å². The second-order valence-electron chi connectivity index (χ2n) is 4.48. The molecule has 0 aromatic heterocycles. The summed E-state index contributed by atoms with van der Waals surface area (Å²) in [4.78, 5) is 0. The van der Waals surface area contributed by atoms with E-state index in [-0.39, 0.29) is 0 Å². The number of ether oxygens (including phenoxy) is 1. The zero-order chi connectivity index (χ0) is 14.8. The summed E-state index contributed by atoms with van der Waals surface area (Å²) < 4.78 is 5.40. The number of benzene rings is 1. The van der Waals surface area contributed by atoms with Crippen LogP contribution in [0.5, 0.6) is 5.75 Å². The summed E-state index contributed by atoms with van der Waals surface area (Å²) in [5.41, 5.74) is 2.01. The molecule has 0 N–H and O–H groups in total. The summed E-state index contributed by atoms with van der Waals surface area (Å²) >= 11 is 0. The van der Waals surface area contributed by atoms with Crippen LogP contribution in [0.25, 0.3) is 0 Å². The van der Waals surface area contributed by atoms with Gasteiger partial charge in [-0.1, -0.05) is 23.4 Å². The SMILES string of the molecule is C=CCCCc1cccc(OC)c1N=NN(CC)CC. The first kappa shape index (κ1) is 16.2. The minimum Gasteiger partial charge on any atom is -0.494 e. The van der Waals surface area contributed by atoms with Gasteiger partial charge in [0, 0.05) is 13.1 Å². The van der Waals surface area contributed by atoms with Crippen LogP contribution in [-0.4, -0.2) is 25.2 Å². The summed E-state index contributed by atoms with van der Waals surface area (Å²) in [6.07, 6.45) is 4.96. The molecule has 0 fully saturated rings. The maximum Gasteiger partial charge on any atom is 0.146 e. The number of unbranched alkanes of at least 4 members (excludes halogenated alkanes) is 1. The molecule has 0 heterocycles. The molecule has 0 aliphatic heterocycles. The van der Waals surface area contributed by atoms with Gasteiger partial charge in [0.1, 0.15) is 11.4 Å². The average molecular weight is 275 g/mol. The van der Waals surface area contributed by atoms with Crippen molar-refractivity contribution in [3.8, 4) is 5.75 Å². The third-order valence-corrected chi connectivity index (χ3v) is 3.16. The Morgan fingerprint density at radius 3 is 2.65 bits per heavy atom. The van der Waals surface area contributed by atoms with Crippen molar-refractivity contribution in [1.29, 1.82) is 0 Å². The Kier molecular flexibility index (Phi) is 7.40. The molecule has 4 nitrogen and oxygen atoms in total. The summed E-state index contributed by atoms with van der Waals surface area (Å²) in [5, 5.41) is 10.6. The van der Waals surface area contributed by atoms with Gasteiger partial charge in [0.15, 0.2) is 0 Å². The molecule has 0 aliphatic rings. The van der Waals surface area contributed by atoms with E-state index in [2.05, 4.69) is 36.8 Å². The number of hydrogen-bond donors (Lipinski definition) is 0. The predicted octanol–water partition coefficient (Wildman–Crippen LogP) is 4.54. The molecule has 1 aromatic carbocycles. The van der Waals surface area contributed by atoms with Gasteiger partial charge in [-0.15, -0.1) is 11.7 Å². The Hall–Kier alpha value is -1.84. The fourth-order valence-corrected chi connectivity index (χ4v) is 1.94. The average Bonchev–Trinajstić information content (AvgIpc) is 2.49. The Morgan fingerprint density at radius 1 is 1.30 bits per heavy atom. The summed E-state index contributed by atoms with van der Waals surface area (Å²) in [5.74, 6) is 0.775. The minimum atomic E-state index is 0.775. The first-order valence-electron chi connectivity index (χ1n) is 7.20. The molecule has 0 aliphatic carbocycles. The fraction of sp³-hybridized carbons (Fsp3) is 0.500. The highest BCUT2D eigenvalue weighted by atomic mass is 16.5. The number of nitrogens with zero attached hydrogens (tertiary/aromatic N) is 3. The van der Waals surface area contributed by atoms with Crippen molar-refractivity contribution in [2.45, 2.75) is 33.1 Å². The Bertz CT molecular complexity index is 439. The van der Waals surface area contributed by atoms with Crippen LogP contribution in [0.3, 0.4) is 0 Å². The van der Waals surface area contributed by atoms with E-state index in [1.54, 1.807) is 7.11 Å². The van der Waals surface area contributed by atoms with Crippen molar-refractivity contribution in [2.24, 2.45) is 10.3 Å². The lowest BCUT2D eigenvalue weighted by molar-refractivity contribution is 0.300. The van der Waals surface area contributed by atoms with Gasteiger partial charge in [0.05, 0.1) is 7.11 Å². The number of aryl methyl sites for hydroxylation is 1. The van der Waals surface area contributed by atoms with E-state index >= 15 is 0 Å². The largest absolute Gasteiger partial charge is 0.494 e. The number of methoxy groups -OCH3 is 1. The first-order chi connectivity index (χ1) is 9.76. The number of rotatable bonds is 9. The summed E-state index contributed by atoms with van der Waals surface area (Å²) in [6, 6.07) is 6.01. The van der Waals surface area contributed by atoms with E-state index in [0.717, 1.165) is 43.8 Å². The van der Waals surface area contributed by atoms with Gasteiger partial charge in [-0.2, -0.15) is 0 Å². The van der Waals surface area contributed by atoms with E-state index in [1.807, 2.05) is 23.2 Å². The van der Waals surface area contributed by atoms with Gasteiger partial charge in [0.2, 0.25) is 0 Å². The number of hydrogen-bond acceptors (Lipinski definition) is 3. The van der Waals surface area contributed by atoms with Crippen LogP contribution in [0.15, 0.2) is 41.2 Å². The van der Waals surface area contributed by atoms with E-state index < -0.39 is 0 Å². The Labute approximate surface area is 122 Å². The van der Waals surface area contributed by atoms with Crippen LogP contribution in [0, 0.1) is 0 Å². The van der Waals surface area contributed by atoms with E-state index in [1.165, 1.54) is 5.56 Å². The van der Waals surface area contributed by atoms with Gasteiger partial charge >= 0.3 is 0 Å². The maximum absolute atomic E-state index is 5.40. The second-order valence-corrected chi connectivity index (χ2v) is 4.48. The molecule has 0 unspecified atom stereocenters. The normalized spacial score (nSPS) is 10.8. The topological polar surface area (TPSA) is 37.2 Å². The van der Waals surface area contributed by atoms with Crippen molar-refractivity contribution < 1.29 is 4.74 Å². The molecule has 1 rings (SSSR count). The molecular formula is C16H25N3O. The highest BCUT2D eigenvalue weighted by molar-refractivity contribution is 5.57. The van der Waals surface area contributed by atoms with E-state index in [0.29, 0.717) is 0 Å². The Balaban J connectivity index is 2.96. The van der Waals surface area contributed by atoms with Gasteiger partial charge in [-0.3, -0.25) is 5.01 Å². The third kappa shape index (κ3) is 4.68. The fourth-order valence-electron chi connectivity index (χ4n) is 1.94. The molecule has 0 radical (unpaired) electrons. The van der Waals surface area contributed by atoms with Gasteiger partial charge in [-0.25, -0.2) is 0 Å². The van der Waals surface area contributed by atoms with Crippen LogP contribution in [-0.2, 0) is 6.42 Å². The highest BCUT2D eigenvalue weighted by Crippen LogP contribution is 2.32. The zero-order valence-electron chi connectivity index (χ0n) is 12.8. The second kappa shape index (κ2) is 9.13. The Morgan fingerprint density at radius 2 is 2.05 bits per heavy atom. The highest BCUT2D eigenvalue weighted by Gasteiger charge is 2.08. The molecule has 1 aromatic rings. The van der Waals surface area contributed by atoms with Crippen molar-refractivity contribution in [2.75, 3.05) is 20.2 Å². The maximum atomic E-state index is 5.40. The van der Waals surface area contributed by atoms with Crippen LogP contribution in [0.4, 0.5) is 5.69 Å². The van der Waals surface area contributed by atoms with Gasteiger partial charge in [-0.05, 0) is 44.7 Å². The van der Waals surface area contributed by atoms with Crippen LogP contribution in [0.2, 0.25) is 0 Å². The van der Waals surface area contributed by atoms with Gasteiger partial charge < -0.3 is 4.74 Å². The van der Waals surface area contributed by atoms with Crippen LogP contribution < -0.4 is 4.74 Å². The molecule has 0 spiro atoms. The summed E-state index contributed by atoms with van der Waals surface area (Å²) in [6.45, 7) is 9.58. The molecule has 0 amide bonds. The van der Waals surface area contributed by atoms with E-state index in [4.69, 9.17) is 4.74 Å². The lowest BCUT2D eigenvalue weighted by Gasteiger charge is -2.13. The molecule has 4 heteroatoms. The number of allylic oxidation sites excluding steroid dienone is 1. The smallest absolute Gasteiger partial charge is 0.146 e. The lowest BCUT2D eigenvalue weighted by Crippen LogP contribution is -2.14. The van der Waals surface area contributed by atoms with Crippen LogP contribution >= 0.6 is 0 Å². The predicted molar refractivity (Wildman–Crippen MR) is 83.6 cm³/mol. The van der Waals surface area contributed by atoms with Gasteiger partial charge in [0.25, 0.3) is 0 Å². The first-order valence-corrected chi connectivity index (χ1v) is 7.20. The lowest BCUT2D eigenvalue weighted by atomic mass is 10.1. The molecule has 0 saturated carbocycles. The van der Waals surface area contributed by atoms with Crippen molar-refractivity contribution in [1.82, 2.24) is 5.01 Å². The standard InChI is InChI=1S/C16H25N3O/c1-5-8-9-11-14-12-10-13-15(20-4)16(14)17-18-19(6-2)7-3/h5,10,12-13H,1,6-9,11H2,2-4H3. The molecule has 0 atom stereocenters. The minimum absolute atomic E-state index is 0.775. The monoisotopic (exact) mass is 275 g/mol.